The lowest BCUT2D eigenvalue weighted by molar-refractivity contribution is 0.543. The third-order valence-electron chi connectivity index (χ3n) is 3.48. The van der Waals surface area contributed by atoms with Crippen molar-refractivity contribution in [2.75, 3.05) is 0 Å². The highest BCUT2D eigenvalue weighted by molar-refractivity contribution is 5.28. The van der Waals surface area contributed by atoms with Gasteiger partial charge in [0.1, 0.15) is 0 Å². The number of hydrogen-bond acceptors (Lipinski definition) is 2. The molecule has 3 nitrogen and oxygen atoms in total. The number of nitrogens with zero attached hydrogens (tertiary/aromatic N) is 2. The topological polar surface area (TPSA) is 43.8 Å². The Morgan fingerprint density at radius 3 is 2.50 bits per heavy atom. The summed E-state index contributed by atoms with van der Waals surface area (Å²) < 4.78 is 2.22. The van der Waals surface area contributed by atoms with Crippen LogP contribution in [0.4, 0.5) is 0 Å². The Kier molecular flexibility index (Phi) is 1.96. The number of aromatic nitrogens is 2. The Hall–Kier alpha value is -0.830. The fraction of sp³-hybridized carbons (Fsp3) is 0.727. The van der Waals surface area contributed by atoms with Crippen LogP contribution in [0.5, 0.6) is 0 Å². The van der Waals surface area contributed by atoms with E-state index >= 15 is 0 Å². The first-order valence-electron chi connectivity index (χ1n) is 5.23. The standard InChI is InChI=1S/C11H19N3/c1-7(2)14-6-13-5-8(14)9-10(12)11(9,3)4/h5-7,9-10H,12H2,1-4H3. The van der Waals surface area contributed by atoms with Crippen molar-refractivity contribution in [1.29, 1.82) is 0 Å². The molecular weight excluding hydrogens is 174 g/mol. The van der Waals surface area contributed by atoms with Gasteiger partial charge >= 0.3 is 0 Å². The van der Waals surface area contributed by atoms with Gasteiger partial charge in [0, 0.05) is 29.9 Å². The van der Waals surface area contributed by atoms with Crippen LogP contribution in [0, 0.1) is 5.41 Å². The summed E-state index contributed by atoms with van der Waals surface area (Å²) in [4.78, 5) is 4.21. The van der Waals surface area contributed by atoms with E-state index in [1.54, 1.807) is 0 Å². The van der Waals surface area contributed by atoms with Gasteiger partial charge in [0.05, 0.1) is 6.33 Å². The molecule has 0 spiro atoms. The van der Waals surface area contributed by atoms with E-state index in [-0.39, 0.29) is 11.5 Å². The Morgan fingerprint density at radius 1 is 1.50 bits per heavy atom. The lowest BCUT2D eigenvalue weighted by atomic mass is 10.1. The second kappa shape index (κ2) is 2.83. The second-order valence-electron chi connectivity index (χ2n) is 5.14. The van der Waals surface area contributed by atoms with Crippen LogP contribution in [0.15, 0.2) is 12.5 Å². The normalized spacial score (nSPS) is 29.6. The highest BCUT2D eigenvalue weighted by atomic mass is 15.1. The summed E-state index contributed by atoms with van der Waals surface area (Å²) in [5.41, 5.74) is 7.60. The molecule has 1 heterocycles. The molecule has 0 aromatic carbocycles. The summed E-state index contributed by atoms with van der Waals surface area (Å²) in [5, 5.41) is 0. The molecule has 0 bridgehead atoms. The van der Waals surface area contributed by atoms with Gasteiger partial charge in [0.25, 0.3) is 0 Å². The molecule has 2 atom stereocenters. The molecule has 0 radical (unpaired) electrons. The van der Waals surface area contributed by atoms with Crippen LogP contribution in [0.2, 0.25) is 0 Å². The predicted molar refractivity (Wildman–Crippen MR) is 57.1 cm³/mol. The monoisotopic (exact) mass is 193 g/mol. The maximum atomic E-state index is 6.06. The summed E-state index contributed by atoms with van der Waals surface area (Å²) in [6.45, 7) is 8.79. The van der Waals surface area contributed by atoms with E-state index in [4.69, 9.17) is 5.73 Å². The zero-order valence-electron chi connectivity index (χ0n) is 9.36. The molecule has 1 aliphatic carbocycles. The summed E-state index contributed by atoms with van der Waals surface area (Å²) >= 11 is 0. The summed E-state index contributed by atoms with van der Waals surface area (Å²) in [6.07, 6.45) is 3.86. The molecule has 1 aromatic heterocycles. The summed E-state index contributed by atoms with van der Waals surface area (Å²) in [6, 6.07) is 0.757. The van der Waals surface area contributed by atoms with E-state index in [2.05, 4.69) is 37.2 Å². The maximum Gasteiger partial charge on any atom is 0.0950 e. The number of nitrogens with two attached hydrogens (primary N) is 1. The molecule has 3 heteroatoms. The van der Waals surface area contributed by atoms with Crippen LogP contribution >= 0.6 is 0 Å². The molecule has 1 aromatic rings. The SMILES string of the molecule is CC(C)n1cncc1C1C(N)C1(C)C. The Labute approximate surface area is 85.3 Å². The summed E-state index contributed by atoms with van der Waals surface area (Å²) in [7, 11) is 0. The van der Waals surface area contributed by atoms with Crippen molar-refractivity contribution in [2.24, 2.45) is 11.1 Å². The van der Waals surface area contributed by atoms with Gasteiger partial charge in [-0.05, 0) is 19.3 Å². The van der Waals surface area contributed by atoms with Gasteiger partial charge in [-0.15, -0.1) is 0 Å². The molecule has 78 valence electrons. The quantitative estimate of drug-likeness (QED) is 0.779. The molecule has 0 aliphatic heterocycles. The van der Waals surface area contributed by atoms with Crippen molar-refractivity contribution in [3.8, 4) is 0 Å². The lowest BCUT2D eigenvalue weighted by Crippen LogP contribution is -2.08. The van der Waals surface area contributed by atoms with Gasteiger partial charge in [-0.2, -0.15) is 0 Å². The smallest absolute Gasteiger partial charge is 0.0950 e. The van der Waals surface area contributed by atoms with Crippen molar-refractivity contribution >= 4 is 0 Å². The van der Waals surface area contributed by atoms with Gasteiger partial charge in [-0.25, -0.2) is 4.98 Å². The highest BCUT2D eigenvalue weighted by Gasteiger charge is 2.57. The molecule has 0 amide bonds. The predicted octanol–water partition coefficient (Wildman–Crippen LogP) is 1.91. The van der Waals surface area contributed by atoms with Crippen molar-refractivity contribution in [3.63, 3.8) is 0 Å². The van der Waals surface area contributed by atoms with E-state index in [9.17, 15) is 0 Å². The van der Waals surface area contributed by atoms with Crippen LogP contribution in [0.25, 0.3) is 0 Å². The summed E-state index contributed by atoms with van der Waals surface area (Å²) in [5.74, 6) is 0.479. The number of rotatable bonds is 2. The fourth-order valence-electron chi connectivity index (χ4n) is 2.23. The van der Waals surface area contributed by atoms with Crippen LogP contribution in [0.3, 0.4) is 0 Å². The van der Waals surface area contributed by atoms with Gasteiger partial charge in [-0.1, -0.05) is 13.8 Å². The molecule has 1 saturated carbocycles. The lowest BCUT2D eigenvalue weighted by Gasteiger charge is -2.12. The Balaban J connectivity index is 2.31. The van der Waals surface area contributed by atoms with Crippen molar-refractivity contribution in [2.45, 2.75) is 45.7 Å². The van der Waals surface area contributed by atoms with Crippen molar-refractivity contribution in [1.82, 2.24) is 9.55 Å². The van der Waals surface area contributed by atoms with Crippen LogP contribution in [-0.2, 0) is 0 Å². The van der Waals surface area contributed by atoms with Gasteiger partial charge < -0.3 is 10.3 Å². The van der Waals surface area contributed by atoms with Crippen LogP contribution in [-0.4, -0.2) is 15.6 Å². The fourth-order valence-corrected chi connectivity index (χ4v) is 2.23. The van der Waals surface area contributed by atoms with Crippen LogP contribution in [0.1, 0.15) is 45.3 Å². The molecule has 2 unspecified atom stereocenters. The minimum absolute atomic E-state index is 0.243. The average molecular weight is 193 g/mol. The average Bonchev–Trinajstić information content (AvgIpc) is 2.54. The number of imidazole rings is 1. The maximum absolute atomic E-state index is 6.06. The first-order chi connectivity index (χ1) is 6.46. The van der Waals surface area contributed by atoms with Gasteiger partial charge in [-0.3, -0.25) is 0 Å². The molecule has 2 N–H and O–H groups in total. The van der Waals surface area contributed by atoms with Gasteiger partial charge in [0.15, 0.2) is 0 Å². The molecule has 14 heavy (non-hydrogen) atoms. The van der Waals surface area contributed by atoms with E-state index in [1.807, 2.05) is 12.5 Å². The van der Waals surface area contributed by atoms with Crippen molar-refractivity contribution in [3.05, 3.63) is 18.2 Å². The van der Waals surface area contributed by atoms with Crippen LogP contribution < -0.4 is 5.73 Å². The van der Waals surface area contributed by atoms with E-state index in [1.165, 1.54) is 5.69 Å². The van der Waals surface area contributed by atoms with Gasteiger partial charge in [0.2, 0.25) is 0 Å². The highest BCUT2D eigenvalue weighted by Crippen LogP contribution is 2.57. The molecular formula is C11H19N3. The zero-order chi connectivity index (χ0) is 10.5. The molecule has 2 rings (SSSR count). The number of hydrogen-bond donors (Lipinski definition) is 1. The Bertz CT molecular complexity index is 338. The Morgan fingerprint density at radius 2 is 2.07 bits per heavy atom. The first-order valence-corrected chi connectivity index (χ1v) is 5.23. The van der Waals surface area contributed by atoms with E-state index in [0.29, 0.717) is 12.0 Å². The zero-order valence-corrected chi connectivity index (χ0v) is 9.36. The third-order valence-corrected chi connectivity index (χ3v) is 3.48. The minimum Gasteiger partial charge on any atom is -0.332 e. The largest absolute Gasteiger partial charge is 0.332 e. The van der Waals surface area contributed by atoms with Crippen molar-refractivity contribution < 1.29 is 0 Å². The third kappa shape index (κ3) is 1.19. The van der Waals surface area contributed by atoms with E-state index < -0.39 is 0 Å². The first kappa shape index (κ1) is 9.71. The second-order valence-corrected chi connectivity index (χ2v) is 5.14. The molecule has 0 saturated heterocycles. The van der Waals surface area contributed by atoms with E-state index in [0.717, 1.165) is 0 Å². The minimum atomic E-state index is 0.243. The molecule has 1 fully saturated rings. The molecule has 1 aliphatic rings.